The number of aliphatic hydroxyl groups is 1. The van der Waals surface area contributed by atoms with E-state index in [0.29, 0.717) is 0 Å². The van der Waals surface area contributed by atoms with Crippen molar-refractivity contribution in [2.75, 3.05) is 6.54 Å². The standard InChI is InChI=1S/C4H9NO7P2/c5-3-1-2-4(6,13(7,8)9)14(10,11)12/h6H,3,5H2,(H2,7,8,9)(H2,10,11,12). The number of hydrogen-bond acceptors (Lipinski definition) is 4. The highest BCUT2D eigenvalue weighted by Gasteiger charge is 2.58. The van der Waals surface area contributed by atoms with Crippen molar-refractivity contribution in [3.63, 3.8) is 0 Å². The van der Waals surface area contributed by atoms with Crippen LogP contribution in [0.4, 0.5) is 0 Å². The van der Waals surface area contributed by atoms with Crippen molar-refractivity contribution < 1.29 is 33.8 Å². The van der Waals surface area contributed by atoms with E-state index in [9.17, 15) is 9.13 Å². The molecule has 0 atom stereocenters. The van der Waals surface area contributed by atoms with Crippen molar-refractivity contribution in [3.8, 4) is 11.8 Å². The molecule has 0 aromatic rings. The average molecular weight is 245 g/mol. The van der Waals surface area contributed by atoms with Crippen LogP contribution in [0.25, 0.3) is 0 Å². The fourth-order valence-corrected chi connectivity index (χ4v) is 2.29. The molecule has 0 heterocycles. The predicted molar refractivity (Wildman–Crippen MR) is 45.9 cm³/mol. The Bertz CT molecular complexity index is 334. The summed E-state index contributed by atoms with van der Waals surface area (Å²) in [5.41, 5.74) is 4.83. The quantitative estimate of drug-likeness (QED) is 0.239. The normalized spacial score (nSPS) is 13.3. The van der Waals surface area contributed by atoms with Crippen molar-refractivity contribution in [1.29, 1.82) is 0 Å². The second-order valence-electron chi connectivity index (χ2n) is 2.23. The molecule has 0 saturated carbocycles. The SMILES string of the molecule is NCC#CC(O)(P(=O)(O)O)P(=O)(O)O. The Morgan fingerprint density at radius 2 is 1.50 bits per heavy atom. The molecule has 0 amide bonds. The van der Waals surface area contributed by atoms with Crippen molar-refractivity contribution in [3.05, 3.63) is 0 Å². The molecule has 0 aliphatic rings. The number of hydrogen-bond donors (Lipinski definition) is 6. The van der Waals surface area contributed by atoms with E-state index in [2.05, 4.69) is 0 Å². The van der Waals surface area contributed by atoms with Gasteiger partial charge >= 0.3 is 20.3 Å². The van der Waals surface area contributed by atoms with E-state index < -0.39 is 26.8 Å². The third-order valence-corrected chi connectivity index (χ3v) is 4.58. The van der Waals surface area contributed by atoms with E-state index >= 15 is 0 Å². The Labute approximate surface area is 79.1 Å². The lowest BCUT2D eigenvalue weighted by molar-refractivity contribution is 0.175. The molecule has 8 nitrogen and oxygen atoms in total. The van der Waals surface area contributed by atoms with Gasteiger partial charge in [0.25, 0.3) is 0 Å². The summed E-state index contributed by atoms with van der Waals surface area (Å²) in [4.78, 5) is 34.1. The van der Waals surface area contributed by atoms with Crippen LogP contribution in [0.5, 0.6) is 0 Å². The van der Waals surface area contributed by atoms with Gasteiger partial charge in [0.15, 0.2) is 0 Å². The Hall–Kier alpha value is -0.220. The fraction of sp³-hybridized carbons (Fsp3) is 0.500. The zero-order valence-corrected chi connectivity index (χ0v) is 8.52. The van der Waals surface area contributed by atoms with E-state index in [0.717, 1.165) is 0 Å². The third kappa shape index (κ3) is 2.64. The van der Waals surface area contributed by atoms with Gasteiger partial charge in [-0.2, -0.15) is 0 Å². The summed E-state index contributed by atoms with van der Waals surface area (Å²) in [5.74, 6) is 3.18. The van der Waals surface area contributed by atoms with Crippen LogP contribution in [-0.2, 0) is 9.13 Å². The van der Waals surface area contributed by atoms with Crippen LogP contribution in [0.1, 0.15) is 0 Å². The van der Waals surface area contributed by atoms with E-state index in [1.165, 1.54) is 5.92 Å². The van der Waals surface area contributed by atoms with Gasteiger partial charge in [0, 0.05) is 0 Å². The second-order valence-corrected chi connectivity index (χ2v) is 6.05. The molecule has 0 aliphatic carbocycles. The van der Waals surface area contributed by atoms with E-state index in [4.69, 9.17) is 30.4 Å². The molecule has 0 radical (unpaired) electrons. The molecule has 0 rings (SSSR count). The smallest absolute Gasteiger partial charge is 0.358 e. The van der Waals surface area contributed by atoms with Crippen molar-refractivity contribution in [2.24, 2.45) is 5.73 Å². The first kappa shape index (κ1) is 13.8. The summed E-state index contributed by atoms with van der Waals surface area (Å²) in [6.07, 6.45) is 0. The van der Waals surface area contributed by atoms with Gasteiger partial charge in [0.2, 0.25) is 0 Å². The summed E-state index contributed by atoms with van der Waals surface area (Å²) in [5, 5.41) is 5.38. The third-order valence-electron chi connectivity index (χ3n) is 1.17. The Balaban J connectivity index is 5.54. The second kappa shape index (κ2) is 4.11. The molecule has 0 unspecified atom stereocenters. The Kier molecular flexibility index (Phi) is 4.04. The van der Waals surface area contributed by atoms with E-state index in [1.54, 1.807) is 5.92 Å². The van der Waals surface area contributed by atoms with Crippen molar-refractivity contribution in [1.82, 2.24) is 0 Å². The van der Waals surface area contributed by atoms with Gasteiger partial charge in [-0.05, 0) is 5.92 Å². The van der Waals surface area contributed by atoms with Gasteiger partial charge in [-0.25, -0.2) is 0 Å². The summed E-state index contributed by atoms with van der Waals surface area (Å²) in [6, 6.07) is 0. The average Bonchev–Trinajstić information content (AvgIpc) is 1.95. The molecule has 82 valence electrons. The molecule has 0 bridgehead atoms. The van der Waals surface area contributed by atoms with Crippen LogP contribution < -0.4 is 5.73 Å². The van der Waals surface area contributed by atoms with Crippen LogP contribution in [0, 0.1) is 11.8 Å². The first-order valence-electron chi connectivity index (χ1n) is 3.10. The summed E-state index contributed by atoms with van der Waals surface area (Å²) < 4.78 is 21.2. The summed E-state index contributed by atoms with van der Waals surface area (Å²) in [7, 11) is -11.0. The van der Waals surface area contributed by atoms with Gasteiger partial charge < -0.3 is 30.4 Å². The lowest BCUT2D eigenvalue weighted by atomic mass is 10.6. The molecule has 7 N–H and O–H groups in total. The van der Waals surface area contributed by atoms with Gasteiger partial charge in [-0.15, -0.1) is 0 Å². The number of nitrogens with two attached hydrogens (primary N) is 1. The van der Waals surface area contributed by atoms with Gasteiger partial charge in [-0.1, -0.05) is 5.92 Å². The lowest BCUT2D eigenvalue weighted by Crippen LogP contribution is -2.26. The minimum atomic E-state index is -5.48. The molecular formula is C4H9NO7P2. The molecule has 0 aliphatic heterocycles. The molecule has 0 aromatic heterocycles. The van der Waals surface area contributed by atoms with Crippen LogP contribution in [0.3, 0.4) is 0 Å². The van der Waals surface area contributed by atoms with Crippen molar-refractivity contribution in [2.45, 2.75) is 5.08 Å². The topological polar surface area (TPSA) is 161 Å². The van der Waals surface area contributed by atoms with Crippen LogP contribution in [0.15, 0.2) is 0 Å². The maximum atomic E-state index is 10.6. The monoisotopic (exact) mass is 245 g/mol. The Morgan fingerprint density at radius 1 is 1.14 bits per heavy atom. The van der Waals surface area contributed by atoms with Gasteiger partial charge in [-0.3, -0.25) is 9.13 Å². The van der Waals surface area contributed by atoms with Crippen LogP contribution in [-0.4, -0.2) is 36.3 Å². The minimum absolute atomic E-state index is 0.400. The maximum absolute atomic E-state index is 10.6. The van der Waals surface area contributed by atoms with Gasteiger partial charge in [0.1, 0.15) is 0 Å². The highest BCUT2D eigenvalue weighted by atomic mass is 31.2. The van der Waals surface area contributed by atoms with Crippen LogP contribution in [0.2, 0.25) is 0 Å². The number of rotatable bonds is 2. The Morgan fingerprint density at radius 3 is 1.71 bits per heavy atom. The molecular weight excluding hydrogens is 236 g/mol. The van der Waals surface area contributed by atoms with E-state index in [-0.39, 0.29) is 0 Å². The molecule has 14 heavy (non-hydrogen) atoms. The zero-order valence-electron chi connectivity index (χ0n) is 6.73. The molecule has 0 saturated heterocycles. The largest absolute Gasteiger partial charge is 0.382 e. The lowest BCUT2D eigenvalue weighted by Gasteiger charge is -2.23. The minimum Gasteiger partial charge on any atom is -0.358 e. The summed E-state index contributed by atoms with van der Waals surface area (Å²) in [6.45, 7) is -0.400. The van der Waals surface area contributed by atoms with E-state index in [1.807, 2.05) is 0 Å². The highest BCUT2D eigenvalue weighted by molar-refractivity contribution is 7.72. The fourth-order valence-electron chi connectivity index (χ4n) is 0.485. The molecule has 0 spiro atoms. The van der Waals surface area contributed by atoms with Gasteiger partial charge in [0.05, 0.1) is 6.54 Å². The zero-order chi connectivity index (χ0) is 11.6. The first-order valence-corrected chi connectivity index (χ1v) is 6.32. The van der Waals surface area contributed by atoms with Crippen LogP contribution >= 0.6 is 15.2 Å². The molecule has 0 aromatic carbocycles. The van der Waals surface area contributed by atoms with Crippen molar-refractivity contribution >= 4 is 15.2 Å². The first-order chi connectivity index (χ1) is 6.06. The molecule has 10 heteroatoms. The maximum Gasteiger partial charge on any atom is 0.382 e. The highest BCUT2D eigenvalue weighted by Crippen LogP contribution is 2.66. The summed E-state index contributed by atoms with van der Waals surface area (Å²) >= 11 is 0. The predicted octanol–water partition coefficient (Wildman–Crippen LogP) is -2.05. The molecule has 0 fully saturated rings.